The number of ether oxygens (including phenoxy) is 1. The molecule has 7 nitrogen and oxygen atoms in total. The summed E-state index contributed by atoms with van der Waals surface area (Å²) in [4.78, 5) is 17.0. The van der Waals surface area contributed by atoms with Crippen LogP contribution in [0.3, 0.4) is 0 Å². The monoisotopic (exact) mass is 449 g/mol. The summed E-state index contributed by atoms with van der Waals surface area (Å²) in [5.41, 5.74) is 3.37. The van der Waals surface area contributed by atoms with E-state index in [9.17, 15) is 13.2 Å². The van der Waals surface area contributed by atoms with E-state index in [1.54, 1.807) is 60.8 Å². The molecule has 4 rings (SSSR count). The third-order valence-electron chi connectivity index (χ3n) is 5.13. The molecular formula is C24H23N3O4S. The quantitative estimate of drug-likeness (QED) is 0.448. The lowest BCUT2D eigenvalue weighted by molar-refractivity contribution is 0.301. The van der Waals surface area contributed by atoms with E-state index < -0.39 is 10.0 Å². The fourth-order valence-corrected chi connectivity index (χ4v) is 4.44. The second-order valence-corrected chi connectivity index (χ2v) is 9.56. The molecule has 8 heteroatoms. The van der Waals surface area contributed by atoms with Gasteiger partial charge in [0, 0.05) is 19.3 Å². The van der Waals surface area contributed by atoms with Crippen LogP contribution in [0.4, 0.5) is 5.69 Å². The molecule has 0 fully saturated rings. The van der Waals surface area contributed by atoms with E-state index >= 15 is 0 Å². The van der Waals surface area contributed by atoms with Gasteiger partial charge in [0.1, 0.15) is 18.0 Å². The van der Waals surface area contributed by atoms with E-state index in [-0.39, 0.29) is 17.1 Å². The molecule has 0 saturated heterocycles. The van der Waals surface area contributed by atoms with Crippen molar-refractivity contribution in [2.24, 2.45) is 0 Å². The fourth-order valence-electron chi connectivity index (χ4n) is 3.25. The maximum absolute atomic E-state index is 12.9. The van der Waals surface area contributed by atoms with Crippen molar-refractivity contribution in [2.75, 3.05) is 11.4 Å². The molecule has 0 radical (unpaired) electrons. The standard InChI is InChI=1S/C24H23N3O4S/c1-17-4-11-22(12-5-17)32(29,30)26(3)20-7-9-21(10-8-20)31-16-19-14-24(28)27-15-18(2)6-13-23(27)25-19/h4-15H,16H2,1-3H3. The Morgan fingerprint density at radius 1 is 0.938 bits per heavy atom. The molecule has 164 valence electrons. The Bertz CT molecular complexity index is 1430. The molecule has 0 aliphatic heterocycles. The van der Waals surface area contributed by atoms with E-state index in [1.807, 2.05) is 19.9 Å². The van der Waals surface area contributed by atoms with Crippen LogP contribution < -0.4 is 14.6 Å². The first kappa shape index (κ1) is 21.6. The molecule has 0 amide bonds. The number of aromatic nitrogens is 2. The van der Waals surface area contributed by atoms with Crippen molar-refractivity contribution in [2.45, 2.75) is 25.3 Å². The number of rotatable bonds is 6. The van der Waals surface area contributed by atoms with Crippen molar-refractivity contribution >= 4 is 21.4 Å². The third-order valence-corrected chi connectivity index (χ3v) is 6.93. The first-order valence-electron chi connectivity index (χ1n) is 10.0. The molecule has 0 unspecified atom stereocenters. The number of sulfonamides is 1. The predicted octanol–water partition coefficient (Wildman–Crippen LogP) is 3.72. The lowest BCUT2D eigenvalue weighted by Gasteiger charge is -2.20. The SMILES string of the molecule is Cc1ccc(S(=O)(=O)N(C)c2ccc(OCc3cc(=O)n4cc(C)ccc4n3)cc2)cc1. The van der Waals surface area contributed by atoms with Crippen molar-refractivity contribution in [3.05, 3.63) is 100 Å². The van der Waals surface area contributed by atoms with Gasteiger partial charge in [-0.3, -0.25) is 13.5 Å². The highest BCUT2D eigenvalue weighted by Gasteiger charge is 2.21. The van der Waals surface area contributed by atoms with Gasteiger partial charge in [-0.15, -0.1) is 0 Å². The third kappa shape index (κ3) is 4.36. The van der Waals surface area contributed by atoms with Crippen LogP contribution in [0.25, 0.3) is 5.65 Å². The van der Waals surface area contributed by atoms with Crippen molar-refractivity contribution in [3.8, 4) is 5.75 Å². The van der Waals surface area contributed by atoms with E-state index in [0.29, 0.717) is 22.8 Å². The zero-order chi connectivity index (χ0) is 22.9. The maximum Gasteiger partial charge on any atom is 0.264 e. The van der Waals surface area contributed by atoms with Gasteiger partial charge < -0.3 is 4.74 Å². The number of benzene rings is 2. The molecular weight excluding hydrogens is 426 g/mol. The smallest absolute Gasteiger partial charge is 0.264 e. The average molecular weight is 450 g/mol. The Morgan fingerprint density at radius 2 is 1.59 bits per heavy atom. The van der Waals surface area contributed by atoms with Crippen LogP contribution in [0.5, 0.6) is 5.75 Å². The summed E-state index contributed by atoms with van der Waals surface area (Å²) < 4.78 is 34.2. The molecule has 32 heavy (non-hydrogen) atoms. The highest BCUT2D eigenvalue weighted by Crippen LogP contribution is 2.25. The topological polar surface area (TPSA) is 81.0 Å². The van der Waals surface area contributed by atoms with E-state index in [1.165, 1.54) is 21.8 Å². The number of pyridine rings is 1. The highest BCUT2D eigenvalue weighted by molar-refractivity contribution is 7.92. The van der Waals surface area contributed by atoms with Gasteiger partial charge in [0.15, 0.2) is 0 Å². The Balaban J connectivity index is 1.48. The molecule has 0 spiro atoms. The first-order chi connectivity index (χ1) is 15.2. The van der Waals surface area contributed by atoms with Gasteiger partial charge in [0.25, 0.3) is 15.6 Å². The molecule has 2 aromatic carbocycles. The maximum atomic E-state index is 12.9. The number of hydrogen-bond donors (Lipinski definition) is 0. The van der Waals surface area contributed by atoms with Crippen LogP contribution in [0.15, 0.2) is 82.6 Å². The predicted molar refractivity (Wildman–Crippen MR) is 124 cm³/mol. The summed E-state index contributed by atoms with van der Waals surface area (Å²) in [5.74, 6) is 0.542. The zero-order valence-corrected chi connectivity index (χ0v) is 18.8. The molecule has 2 heterocycles. The minimum Gasteiger partial charge on any atom is -0.487 e. The second-order valence-electron chi connectivity index (χ2n) is 7.59. The van der Waals surface area contributed by atoms with Crippen LogP contribution in [0.1, 0.15) is 16.8 Å². The second kappa shape index (κ2) is 8.47. The molecule has 2 aromatic heterocycles. The minimum absolute atomic E-state index is 0.121. The van der Waals surface area contributed by atoms with E-state index in [4.69, 9.17) is 4.74 Å². The van der Waals surface area contributed by atoms with Gasteiger partial charge in [0.2, 0.25) is 0 Å². The summed E-state index contributed by atoms with van der Waals surface area (Å²) in [6, 6.07) is 18.6. The van der Waals surface area contributed by atoms with Crippen molar-refractivity contribution < 1.29 is 13.2 Å². The van der Waals surface area contributed by atoms with Gasteiger partial charge in [-0.1, -0.05) is 23.8 Å². The lowest BCUT2D eigenvalue weighted by Crippen LogP contribution is -2.26. The van der Waals surface area contributed by atoms with Crippen LogP contribution in [-0.2, 0) is 16.6 Å². The summed E-state index contributed by atoms with van der Waals surface area (Å²) in [7, 11) is -2.15. The summed E-state index contributed by atoms with van der Waals surface area (Å²) in [5, 5.41) is 0. The van der Waals surface area contributed by atoms with Gasteiger partial charge in [-0.2, -0.15) is 0 Å². The van der Waals surface area contributed by atoms with Crippen molar-refractivity contribution in [1.29, 1.82) is 0 Å². The molecule has 0 saturated carbocycles. The van der Waals surface area contributed by atoms with Gasteiger partial charge in [-0.25, -0.2) is 13.4 Å². The van der Waals surface area contributed by atoms with Crippen LogP contribution >= 0.6 is 0 Å². The number of nitrogens with zero attached hydrogens (tertiary/aromatic N) is 3. The van der Waals surface area contributed by atoms with E-state index in [0.717, 1.165) is 11.1 Å². The minimum atomic E-state index is -3.66. The van der Waals surface area contributed by atoms with Crippen LogP contribution in [-0.4, -0.2) is 24.9 Å². The average Bonchev–Trinajstić information content (AvgIpc) is 2.78. The van der Waals surface area contributed by atoms with Gasteiger partial charge in [-0.05, 0) is 61.9 Å². The fraction of sp³-hybridized carbons (Fsp3) is 0.167. The van der Waals surface area contributed by atoms with Gasteiger partial charge in [0.05, 0.1) is 16.3 Å². The number of fused-ring (bicyclic) bond motifs is 1. The molecule has 4 aromatic rings. The Morgan fingerprint density at radius 3 is 2.28 bits per heavy atom. The number of hydrogen-bond acceptors (Lipinski definition) is 5. The van der Waals surface area contributed by atoms with Crippen molar-refractivity contribution in [1.82, 2.24) is 9.38 Å². The molecule has 0 aliphatic rings. The van der Waals surface area contributed by atoms with E-state index in [2.05, 4.69) is 4.98 Å². The van der Waals surface area contributed by atoms with Crippen molar-refractivity contribution in [3.63, 3.8) is 0 Å². The lowest BCUT2D eigenvalue weighted by atomic mass is 10.2. The first-order valence-corrected chi connectivity index (χ1v) is 11.5. The largest absolute Gasteiger partial charge is 0.487 e. The normalized spacial score (nSPS) is 11.5. The summed E-state index contributed by atoms with van der Waals surface area (Å²) >= 11 is 0. The summed E-state index contributed by atoms with van der Waals surface area (Å²) in [6.45, 7) is 3.94. The van der Waals surface area contributed by atoms with Crippen LogP contribution in [0, 0.1) is 13.8 Å². The molecule has 0 atom stereocenters. The molecule has 0 N–H and O–H groups in total. The van der Waals surface area contributed by atoms with Gasteiger partial charge >= 0.3 is 0 Å². The highest BCUT2D eigenvalue weighted by atomic mass is 32.2. The molecule has 0 aliphatic carbocycles. The molecule has 0 bridgehead atoms. The zero-order valence-electron chi connectivity index (χ0n) is 18.0. The Hall–Kier alpha value is -3.65. The Kier molecular flexibility index (Phi) is 5.71. The number of aryl methyl sites for hydroxylation is 2. The number of anilines is 1. The summed E-state index contributed by atoms with van der Waals surface area (Å²) in [6.07, 6.45) is 1.75. The Labute approximate surface area is 186 Å². The van der Waals surface area contributed by atoms with Crippen LogP contribution in [0.2, 0.25) is 0 Å².